The third-order valence-electron chi connectivity index (χ3n) is 3.55. The van der Waals surface area contributed by atoms with Gasteiger partial charge in [0.05, 0.1) is 5.56 Å². The topological polar surface area (TPSA) is 51.2 Å². The second kappa shape index (κ2) is 9.06. The van der Waals surface area contributed by atoms with Gasteiger partial charge < -0.3 is 10.1 Å². The molecule has 132 valence electrons. The van der Waals surface area contributed by atoms with Crippen LogP contribution in [0.25, 0.3) is 0 Å². The summed E-state index contributed by atoms with van der Waals surface area (Å²) in [7, 11) is 0. The fourth-order valence-electron chi connectivity index (χ4n) is 2.31. The van der Waals surface area contributed by atoms with Crippen LogP contribution in [0.15, 0.2) is 78.0 Å². The summed E-state index contributed by atoms with van der Waals surface area (Å²) in [5.41, 5.74) is 1.31. The number of pyridine rings is 1. The summed E-state index contributed by atoms with van der Waals surface area (Å²) in [6, 6.07) is 20.5. The molecule has 1 N–H and O–H groups in total. The molecule has 0 aliphatic rings. The third kappa shape index (κ3) is 4.86. The van der Waals surface area contributed by atoms with E-state index in [1.807, 2.05) is 54.6 Å². The molecule has 2 aromatic carbocycles. The summed E-state index contributed by atoms with van der Waals surface area (Å²) >= 11 is 1.60. The maximum absolute atomic E-state index is 12.6. The van der Waals surface area contributed by atoms with E-state index in [9.17, 15) is 4.79 Å². The number of para-hydroxylation sites is 1. The minimum Gasteiger partial charge on any atom is -0.457 e. The Balaban J connectivity index is 1.66. The number of benzene rings is 2. The van der Waals surface area contributed by atoms with Crippen LogP contribution in [-0.4, -0.2) is 16.6 Å². The van der Waals surface area contributed by atoms with Gasteiger partial charge >= 0.3 is 0 Å². The first kappa shape index (κ1) is 18.0. The van der Waals surface area contributed by atoms with Gasteiger partial charge in [0.1, 0.15) is 16.5 Å². The quantitative estimate of drug-likeness (QED) is 0.552. The van der Waals surface area contributed by atoms with Gasteiger partial charge in [-0.15, -0.1) is 11.8 Å². The molecule has 0 aliphatic carbocycles. The number of hydrogen-bond donors (Lipinski definition) is 1. The molecule has 1 heterocycles. The molecule has 0 aliphatic heterocycles. The van der Waals surface area contributed by atoms with Gasteiger partial charge in [0, 0.05) is 11.9 Å². The number of nitrogens with zero attached hydrogens (tertiary/aromatic N) is 1. The van der Waals surface area contributed by atoms with Crippen LogP contribution in [0.4, 0.5) is 5.69 Å². The SMILES string of the molecule is CCCSc1ncccc1C(=O)Nc1ccc(Oc2ccccc2)cc1. The molecule has 3 rings (SSSR count). The minimum absolute atomic E-state index is 0.159. The number of carbonyl (C=O) groups excluding carboxylic acids is 1. The lowest BCUT2D eigenvalue weighted by Gasteiger charge is -2.10. The van der Waals surface area contributed by atoms with Crippen molar-refractivity contribution in [3.8, 4) is 11.5 Å². The van der Waals surface area contributed by atoms with Gasteiger partial charge in [-0.1, -0.05) is 25.1 Å². The maximum Gasteiger partial charge on any atom is 0.258 e. The highest BCUT2D eigenvalue weighted by Crippen LogP contribution is 2.24. The van der Waals surface area contributed by atoms with Gasteiger partial charge in [0.15, 0.2) is 0 Å². The summed E-state index contributed by atoms with van der Waals surface area (Å²) in [6.45, 7) is 2.11. The molecule has 0 bridgehead atoms. The van der Waals surface area contributed by atoms with Crippen LogP contribution >= 0.6 is 11.8 Å². The van der Waals surface area contributed by atoms with Crippen LogP contribution < -0.4 is 10.1 Å². The monoisotopic (exact) mass is 364 g/mol. The van der Waals surface area contributed by atoms with E-state index >= 15 is 0 Å². The normalized spacial score (nSPS) is 10.3. The largest absolute Gasteiger partial charge is 0.457 e. The van der Waals surface area contributed by atoms with Gasteiger partial charge in [0.25, 0.3) is 5.91 Å². The van der Waals surface area contributed by atoms with Gasteiger partial charge in [0.2, 0.25) is 0 Å². The van der Waals surface area contributed by atoms with Crippen molar-refractivity contribution in [3.63, 3.8) is 0 Å². The first-order valence-electron chi connectivity index (χ1n) is 8.48. The van der Waals surface area contributed by atoms with E-state index < -0.39 is 0 Å². The fourth-order valence-corrected chi connectivity index (χ4v) is 3.16. The highest BCUT2D eigenvalue weighted by Gasteiger charge is 2.12. The Labute approximate surface area is 157 Å². The zero-order valence-electron chi connectivity index (χ0n) is 14.5. The van der Waals surface area contributed by atoms with Crippen molar-refractivity contribution in [1.29, 1.82) is 0 Å². The molecule has 26 heavy (non-hydrogen) atoms. The Bertz CT molecular complexity index is 851. The number of rotatable bonds is 7. The Kier molecular flexibility index (Phi) is 6.28. The van der Waals surface area contributed by atoms with Gasteiger partial charge in [-0.05, 0) is 60.7 Å². The number of thioether (sulfide) groups is 1. The first-order valence-corrected chi connectivity index (χ1v) is 9.47. The lowest BCUT2D eigenvalue weighted by atomic mass is 10.2. The van der Waals surface area contributed by atoms with Crippen molar-refractivity contribution < 1.29 is 9.53 Å². The van der Waals surface area contributed by atoms with E-state index in [1.165, 1.54) is 0 Å². The molecule has 0 atom stereocenters. The second-order valence-corrected chi connectivity index (χ2v) is 6.68. The molecule has 5 heteroatoms. The van der Waals surface area contributed by atoms with Crippen LogP contribution in [0, 0.1) is 0 Å². The zero-order valence-corrected chi connectivity index (χ0v) is 15.3. The van der Waals surface area contributed by atoms with E-state index in [2.05, 4.69) is 17.2 Å². The molecule has 0 unspecified atom stereocenters. The Morgan fingerprint density at radius 3 is 2.46 bits per heavy atom. The number of carbonyl (C=O) groups is 1. The molecule has 1 aromatic heterocycles. The second-order valence-electron chi connectivity index (χ2n) is 5.60. The number of nitrogens with one attached hydrogen (secondary N) is 1. The minimum atomic E-state index is -0.159. The van der Waals surface area contributed by atoms with Gasteiger partial charge in [-0.25, -0.2) is 4.98 Å². The average Bonchev–Trinajstić information content (AvgIpc) is 2.69. The molecule has 0 saturated heterocycles. The van der Waals surface area contributed by atoms with E-state index in [-0.39, 0.29) is 5.91 Å². The van der Waals surface area contributed by atoms with E-state index in [4.69, 9.17) is 4.74 Å². The lowest BCUT2D eigenvalue weighted by Crippen LogP contribution is -2.13. The summed E-state index contributed by atoms with van der Waals surface area (Å²) in [6.07, 6.45) is 2.75. The Hall–Kier alpha value is -2.79. The van der Waals surface area contributed by atoms with E-state index in [0.717, 1.165) is 28.7 Å². The van der Waals surface area contributed by atoms with Crippen LogP contribution in [0.3, 0.4) is 0 Å². The molecule has 0 fully saturated rings. The molecular formula is C21H20N2O2S. The Morgan fingerprint density at radius 1 is 1.00 bits per heavy atom. The highest BCUT2D eigenvalue weighted by atomic mass is 32.2. The van der Waals surface area contributed by atoms with Crippen molar-refractivity contribution in [3.05, 3.63) is 78.5 Å². The molecule has 3 aromatic rings. The van der Waals surface area contributed by atoms with Crippen LogP contribution in [0.2, 0.25) is 0 Å². The highest BCUT2D eigenvalue weighted by molar-refractivity contribution is 7.99. The van der Waals surface area contributed by atoms with Crippen molar-refractivity contribution in [2.24, 2.45) is 0 Å². The van der Waals surface area contributed by atoms with E-state index in [1.54, 1.807) is 30.1 Å². The van der Waals surface area contributed by atoms with Crippen molar-refractivity contribution in [1.82, 2.24) is 4.98 Å². The molecule has 0 radical (unpaired) electrons. The standard InChI is InChI=1S/C21H20N2O2S/c1-2-15-26-21-19(9-6-14-22-21)20(24)23-16-10-12-18(13-11-16)25-17-7-4-3-5-8-17/h3-14H,2,15H2,1H3,(H,23,24). The molecule has 0 saturated carbocycles. The average molecular weight is 364 g/mol. The molecule has 0 spiro atoms. The predicted molar refractivity (Wildman–Crippen MR) is 106 cm³/mol. The van der Waals surface area contributed by atoms with E-state index in [0.29, 0.717) is 11.3 Å². The lowest BCUT2D eigenvalue weighted by molar-refractivity contribution is 0.102. The number of amides is 1. The van der Waals surface area contributed by atoms with Crippen LogP contribution in [0.1, 0.15) is 23.7 Å². The maximum atomic E-state index is 12.6. The fraction of sp³-hybridized carbons (Fsp3) is 0.143. The van der Waals surface area contributed by atoms with Crippen molar-refractivity contribution in [2.45, 2.75) is 18.4 Å². The summed E-state index contributed by atoms with van der Waals surface area (Å²) < 4.78 is 5.76. The summed E-state index contributed by atoms with van der Waals surface area (Å²) in [5.74, 6) is 2.27. The third-order valence-corrected chi connectivity index (χ3v) is 4.76. The van der Waals surface area contributed by atoms with Crippen molar-refractivity contribution >= 4 is 23.4 Å². The zero-order chi connectivity index (χ0) is 18.2. The summed E-state index contributed by atoms with van der Waals surface area (Å²) in [5, 5.41) is 3.68. The summed E-state index contributed by atoms with van der Waals surface area (Å²) in [4.78, 5) is 16.9. The van der Waals surface area contributed by atoms with Gasteiger partial charge in [-0.2, -0.15) is 0 Å². The van der Waals surface area contributed by atoms with Crippen LogP contribution in [-0.2, 0) is 0 Å². The molecular weight excluding hydrogens is 344 g/mol. The molecule has 4 nitrogen and oxygen atoms in total. The van der Waals surface area contributed by atoms with Gasteiger partial charge in [-0.3, -0.25) is 4.79 Å². The predicted octanol–water partition coefficient (Wildman–Crippen LogP) is 5.63. The number of anilines is 1. The number of aromatic nitrogens is 1. The number of hydrogen-bond acceptors (Lipinski definition) is 4. The number of ether oxygens (including phenoxy) is 1. The van der Waals surface area contributed by atoms with Crippen molar-refractivity contribution in [2.75, 3.05) is 11.1 Å². The Morgan fingerprint density at radius 2 is 1.73 bits per heavy atom. The molecule has 1 amide bonds. The van der Waals surface area contributed by atoms with Crippen LogP contribution in [0.5, 0.6) is 11.5 Å². The smallest absolute Gasteiger partial charge is 0.258 e. The first-order chi connectivity index (χ1) is 12.8.